The van der Waals surface area contributed by atoms with Gasteiger partial charge in [0.2, 0.25) is 0 Å². The average Bonchev–Trinajstić information content (AvgIpc) is 2.71. The first-order chi connectivity index (χ1) is 8.49. The van der Waals surface area contributed by atoms with Crippen molar-refractivity contribution in [3.05, 3.63) is 15.6 Å². The van der Waals surface area contributed by atoms with E-state index in [4.69, 9.17) is 0 Å². The van der Waals surface area contributed by atoms with E-state index in [-0.39, 0.29) is 5.91 Å². The van der Waals surface area contributed by atoms with Crippen molar-refractivity contribution in [1.82, 2.24) is 14.8 Å². The zero-order valence-corrected chi connectivity index (χ0v) is 12.4. The minimum atomic E-state index is 0.157. The van der Waals surface area contributed by atoms with Gasteiger partial charge in [0.15, 0.2) is 0 Å². The molecular weight excluding hydrogens is 246 g/mol. The van der Waals surface area contributed by atoms with Crippen LogP contribution in [0.4, 0.5) is 0 Å². The molecule has 1 aliphatic heterocycles. The molecule has 0 N–H and O–H groups in total. The lowest BCUT2D eigenvalue weighted by Crippen LogP contribution is -2.47. The first kappa shape index (κ1) is 13.5. The highest BCUT2D eigenvalue weighted by atomic mass is 32.1. The van der Waals surface area contributed by atoms with Crippen LogP contribution < -0.4 is 0 Å². The Morgan fingerprint density at radius 1 is 1.28 bits per heavy atom. The van der Waals surface area contributed by atoms with Crippen LogP contribution in [0.3, 0.4) is 0 Å². The van der Waals surface area contributed by atoms with Gasteiger partial charge in [0, 0.05) is 32.1 Å². The fourth-order valence-electron chi connectivity index (χ4n) is 2.02. The summed E-state index contributed by atoms with van der Waals surface area (Å²) >= 11 is 1.55. The third-order valence-electron chi connectivity index (χ3n) is 3.29. The Hall–Kier alpha value is -0.940. The van der Waals surface area contributed by atoms with Crippen molar-refractivity contribution in [2.24, 2.45) is 0 Å². The lowest BCUT2D eigenvalue weighted by atomic mass is 10.2. The van der Waals surface area contributed by atoms with Crippen molar-refractivity contribution in [3.8, 4) is 0 Å². The summed E-state index contributed by atoms with van der Waals surface area (Å²) in [4.78, 5) is 22.0. The average molecular weight is 267 g/mol. The van der Waals surface area contributed by atoms with E-state index < -0.39 is 0 Å². The van der Waals surface area contributed by atoms with E-state index in [9.17, 15) is 4.79 Å². The molecule has 2 rings (SSSR count). The summed E-state index contributed by atoms with van der Waals surface area (Å²) in [7, 11) is 2.09. The number of aryl methyl sites for hydroxylation is 1. The molecule has 1 aliphatic rings. The molecule has 2 heterocycles. The fraction of sp³-hybridized carbons (Fsp3) is 0.692. The van der Waals surface area contributed by atoms with Crippen molar-refractivity contribution in [2.75, 3.05) is 33.2 Å². The Morgan fingerprint density at radius 2 is 1.89 bits per heavy atom. The van der Waals surface area contributed by atoms with Crippen molar-refractivity contribution in [3.63, 3.8) is 0 Å². The maximum Gasteiger partial charge on any atom is 0.265 e. The quantitative estimate of drug-likeness (QED) is 0.822. The molecule has 18 heavy (non-hydrogen) atoms. The van der Waals surface area contributed by atoms with E-state index in [1.165, 1.54) is 0 Å². The maximum absolute atomic E-state index is 12.4. The molecule has 100 valence electrons. The standard InChI is InChI=1S/C13H21N3OS/c1-9(2)12-14-10(3)11(18-12)13(17)16-7-5-15(4)6-8-16/h9H,5-8H2,1-4H3. The minimum absolute atomic E-state index is 0.157. The second kappa shape index (κ2) is 5.36. The number of hydrogen-bond acceptors (Lipinski definition) is 4. The number of likely N-dealkylation sites (N-methyl/N-ethyl adjacent to an activating group) is 1. The smallest absolute Gasteiger partial charge is 0.265 e. The molecule has 0 aliphatic carbocycles. The van der Waals surface area contributed by atoms with Crippen molar-refractivity contribution in [1.29, 1.82) is 0 Å². The van der Waals surface area contributed by atoms with Gasteiger partial charge in [-0.05, 0) is 14.0 Å². The highest BCUT2D eigenvalue weighted by Crippen LogP contribution is 2.25. The lowest BCUT2D eigenvalue weighted by Gasteiger charge is -2.32. The van der Waals surface area contributed by atoms with Crippen LogP contribution in [0.25, 0.3) is 0 Å². The molecule has 0 atom stereocenters. The Morgan fingerprint density at radius 3 is 2.39 bits per heavy atom. The van der Waals surface area contributed by atoms with Gasteiger partial charge >= 0.3 is 0 Å². The van der Waals surface area contributed by atoms with Gasteiger partial charge in [0.05, 0.1) is 10.7 Å². The molecule has 5 heteroatoms. The van der Waals surface area contributed by atoms with Crippen molar-refractivity contribution >= 4 is 17.2 Å². The Kier molecular flexibility index (Phi) is 4.02. The molecule has 0 spiro atoms. The number of aromatic nitrogens is 1. The second-order valence-electron chi connectivity index (χ2n) is 5.22. The molecule has 0 unspecified atom stereocenters. The fourth-order valence-corrected chi connectivity index (χ4v) is 3.05. The summed E-state index contributed by atoms with van der Waals surface area (Å²) in [5, 5.41) is 1.06. The van der Waals surface area contributed by atoms with E-state index in [0.29, 0.717) is 5.92 Å². The SMILES string of the molecule is Cc1nc(C(C)C)sc1C(=O)N1CCN(C)CC1. The Labute approximate surface area is 113 Å². The molecule has 4 nitrogen and oxygen atoms in total. The number of carbonyl (C=O) groups is 1. The van der Waals surface area contributed by atoms with Gasteiger partial charge in [-0.3, -0.25) is 4.79 Å². The molecule has 1 aromatic rings. The Bertz CT molecular complexity index is 433. The monoisotopic (exact) mass is 267 g/mol. The summed E-state index contributed by atoms with van der Waals surface area (Å²) in [5.74, 6) is 0.549. The summed E-state index contributed by atoms with van der Waals surface area (Å²) in [6.45, 7) is 9.73. The van der Waals surface area contributed by atoms with Gasteiger partial charge in [0.1, 0.15) is 4.88 Å². The normalized spacial score (nSPS) is 17.5. The molecule has 1 aromatic heterocycles. The third kappa shape index (κ3) is 2.72. The number of rotatable bonds is 2. The van der Waals surface area contributed by atoms with Gasteiger partial charge in [-0.25, -0.2) is 4.98 Å². The van der Waals surface area contributed by atoms with Crippen LogP contribution >= 0.6 is 11.3 Å². The van der Waals surface area contributed by atoms with E-state index in [0.717, 1.165) is 41.8 Å². The summed E-state index contributed by atoms with van der Waals surface area (Å²) in [6.07, 6.45) is 0. The molecule has 0 saturated carbocycles. The van der Waals surface area contributed by atoms with Gasteiger partial charge in [0.25, 0.3) is 5.91 Å². The zero-order chi connectivity index (χ0) is 13.3. The number of piperazine rings is 1. The highest BCUT2D eigenvalue weighted by Gasteiger charge is 2.24. The number of amides is 1. The molecule has 0 bridgehead atoms. The van der Waals surface area contributed by atoms with Crippen LogP contribution in [0.2, 0.25) is 0 Å². The predicted octanol–water partition coefficient (Wildman–Crippen LogP) is 1.96. The summed E-state index contributed by atoms with van der Waals surface area (Å²) in [5.41, 5.74) is 0.882. The van der Waals surface area contributed by atoms with Crippen molar-refractivity contribution in [2.45, 2.75) is 26.7 Å². The number of nitrogens with zero attached hydrogens (tertiary/aromatic N) is 3. The van der Waals surface area contributed by atoms with E-state index in [2.05, 4.69) is 30.8 Å². The molecule has 0 aromatic carbocycles. The van der Waals surface area contributed by atoms with E-state index in [1.54, 1.807) is 11.3 Å². The third-order valence-corrected chi connectivity index (χ3v) is 4.74. The van der Waals surface area contributed by atoms with E-state index in [1.807, 2.05) is 11.8 Å². The van der Waals surface area contributed by atoms with Crippen molar-refractivity contribution < 1.29 is 4.79 Å². The number of hydrogen-bond donors (Lipinski definition) is 0. The Balaban J connectivity index is 2.13. The van der Waals surface area contributed by atoms with Crippen LogP contribution in [0.15, 0.2) is 0 Å². The zero-order valence-electron chi connectivity index (χ0n) is 11.6. The number of carbonyl (C=O) groups excluding carboxylic acids is 1. The van der Waals surface area contributed by atoms with E-state index >= 15 is 0 Å². The van der Waals surface area contributed by atoms with Crippen LogP contribution in [-0.2, 0) is 0 Å². The molecular formula is C13H21N3OS. The first-order valence-electron chi connectivity index (χ1n) is 6.44. The summed E-state index contributed by atoms with van der Waals surface area (Å²) in [6, 6.07) is 0. The van der Waals surface area contributed by atoms with Gasteiger partial charge in [-0.2, -0.15) is 0 Å². The van der Waals surface area contributed by atoms with Gasteiger partial charge in [-0.15, -0.1) is 11.3 Å². The van der Waals surface area contributed by atoms with Crippen LogP contribution in [0.1, 0.15) is 40.1 Å². The van der Waals surface area contributed by atoms with Crippen LogP contribution in [0, 0.1) is 6.92 Å². The largest absolute Gasteiger partial charge is 0.335 e. The number of thiazole rings is 1. The molecule has 1 fully saturated rings. The lowest BCUT2D eigenvalue weighted by molar-refractivity contribution is 0.0668. The van der Waals surface area contributed by atoms with Gasteiger partial charge < -0.3 is 9.80 Å². The molecule has 1 amide bonds. The van der Waals surface area contributed by atoms with Gasteiger partial charge in [-0.1, -0.05) is 13.8 Å². The molecule has 1 saturated heterocycles. The first-order valence-corrected chi connectivity index (χ1v) is 7.26. The second-order valence-corrected chi connectivity index (χ2v) is 6.25. The van der Waals surface area contributed by atoms with Crippen LogP contribution in [0.5, 0.6) is 0 Å². The topological polar surface area (TPSA) is 36.4 Å². The maximum atomic E-state index is 12.4. The van der Waals surface area contributed by atoms with Crippen LogP contribution in [-0.4, -0.2) is 53.9 Å². The minimum Gasteiger partial charge on any atom is -0.335 e. The molecule has 0 radical (unpaired) electrons. The predicted molar refractivity (Wildman–Crippen MR) is 74.3 cm³/mol. The highest BCUT2D eigenvalue weighted by molar-refractivity contribution is 7.13. The summed E-state index contributed by atoms with van der Waals surface area (Å²) < 4.78 is 0.